The Morgan fingerprint density at radius 3 is 2.75 bits per heavy atom. The van der Waals surface area contributed by atoms with Gasteiger partial charge in [-0.25, -0.2) is 15.0 Å². The van der Waals surface area contributed by atoms with Crippen molar-refractivity contribution < 1.29 is 0 Å². The van der Waals surface area contributed by atoms with Crippen molar-refractivity contribution in [1.29, 1.82) is 0 Å². The molecule has 0 aliphatic heterocycles. The molecule has 1 aromatic carbocycles. The van der Waals surface area contributed by atoms with Crippen LogP contribution in [-0.4, -0.2) is 20.5 Å². The Bertz CT molecular complexity index is 834. The number of hydrogen-bond acceptors (Lipinski definition) is 3. The molecule has 6 nitrogen and oxygen atoms in total. The minimum absolute atomic E-state index is 0.386. The lowest BCUT2D eigenvalue weighted by atomic mass is 10.1. The van der Waals surface area contributed by atoms with Crippen LogP contribution in [0.15, 0.2) is 60.2 Å². The van der Waals surface area contributed by atoms with E-state index in [-0.39, 0.29) is 0 Å². The predicted octanol–water partition coefficient (Wildman–Crippen LogP) is 2.81. The maximum Gasteiger partial charge on any atom is 0.193 e. The molecule has 0 amide bonds. The molecule has 0 fully saturated rings. The smallest absolute Gasteiger partial charge is 0.193 e. The fraction of sp³-hybridized carbons (Fsp3) is 0.167. The molecule has 0 bridgehead atoms. The second-order valence-corrected chi connectivity index (χ2v) is 5.62. The first-order valence-corrected chi connectivity index (χ1v) is 7.69. The Balaban J connectivity index is 1.63. The number of benzene rings is 1. The molecule has 2 heterocycles. The van der Waals surface area contributed by atoms with Gasteiger partial charge in [0, 0.05) is 24.3 Å². The lowest BCUT2D eigenvalue weighted by Gasteiger charge is -2.08. The molecule has 0 aliphatic rings. The van der Waals surface area contributed by atoms with Gasteiger partial charge in [-0.2, -0.15) is 0 Å². The van der Waals surface area contributed by atoms with Gasteiger partial charge in [-0.3, -0.25) is 4.57 Å². The topological polar surface area (TPSA) is 81.1 Å². The molecule has 0 radical (unpaired) electrons. The molecule has 0 spiro atoms. The van der Waals surface area contributed by atoms with Gasteiger partial charge in [-0.1, -0.05) is 12.1 Å². The van der Waals surface area contributed by atoms with Crippen LogP contribution in [0.2, 0.25) is 0 Å². The fourth-order valence-corrected chi connectivity index (χ4v) is 2.24. The number of nitrogens with zero attached hydrogens (tertiary/aromatic N) is 4. The van der Waals surface area contributed by atoms with Crippen molar-refractivity contribution in [2.45, 2.75) is 20.4 Å². The van der Waals surface area contributed by atoms with Crippen molar-refractivity contribution in [3.8, 4) is 5.82 Å². The minimum Gasteiger partial charge on any atom is -0.370 e. The zero-order valence-corrected chi connectivity index (χ0v) is 13.8. The van der Waals surface area contributed by atoms with Crippen LogP contribution < -0.4 is 11.1 Å². The number of pyridine rings is 1. The average molecular weight is 320 g/mol. The first-order chi connectivity index (χ1) is 11.6. The molecular formula is C18H20N6. The summed E-state index contributed by atoms with van der Waals surface area (Å²) < 4.78 is 1.85. The molecule has 3 N–H and O–H groups in total. The first kappa shape index (κ1) is 15.7. The van der Waals surface area contributed by atoms with Crippen LogP contribution in [0.25, 0.3) is 5.82 Å². The standard InChI is InChI=1S/C18H20N6/c1-13-3-5-16(9-14(13)2)23-18(19)22-11-15-4-6-17(21-10-15)24-8-7-20-12-24/h3-10,12H,11H2,1-2H3,(H3,19,22,23). The Morgan fingerprint density at radius 2 is 2.08 bits per heavy atom. The number of imidazole rings is 1. The summed E-state index contributed by atoms with van der Waals surface area (Å²) in [6.45, 7) is 4.62. The number of nitrogens with two attached hydrogens (primary N) is 1. The summed E-state index contributed by atoms with van der Waals surface area (Å²) in [5.41, 5.74) is 10.3. The van der Waals surface area contributed by atoms with Gasteiger partial charge in [0.15, 0.2) is 5.96 Å². The average Bonchev–Trinajstić information content (AvgIpc) is 3.11. The molecule has 122 valence electrons. The highest BCUT2D eigenvalue weighted by Gasteiger charge is 2.00. The van der Waals surface area contributed by atoms with E-state index in [9.17, 15) is 0 Å². The van der Waals surface area contributed by atoms with Crippen LogP contribution in [-0.2, 0) is 6.54 Å². The molecule has 0 saturated heterocycles. The molecule has 0 saturated carbocycles. The maximum absolute atomic E-state index is 5.95. The van der Waals surface area contributed by atoms with Gasteiger partial charge in [0.05, 0.1) is 6.54 Å². The Hall–Kier alpha value is -3.15. The summed E-state index contributed by atoms with van der Waals surface area (Å²) in [6.07, 6.45) is 7.08. The summed E-state index contributed by atoms with van der Waals surface area (Å²) in [5, 5.41) is 3.11. The van der Waals surface area contributed by atoms with Crippen molar-refractivity contribution >= 4 is 11.6 Å². The summed E-state index contributed by atoms with van der Waals surface area (Å²) in [6, 6.07) is 10.0. The van der Waals surface area contributed by atoms with Crippen molar-refractivity contribution in [3.63, 3.8) is 0 Å². The summed E-state index contributed by atoms with van der Waals surface area (Å²) in [7, 11) is 0. The monoisotopic (exact) mass is 320 g/mol. The van der Waals surface area contributed by atoms with Crippen LogP contribution >= 0.6 is 0 Å². The van der Waals surface area contributed by atoms with E-state index < -0.39 is 0 Å². The molecule has 0 aliphatic carbocycles. The summed E-state index contributed by atoms with van der Waals surface area (Å²) >= 11 is 0. The molecule has 6 heteroatoms. The highest BCUT2D eigenvalue weighted by atomic mass is 15.1. The molecule has 2 aromatic heterocycles. The van der Waals surface area contributed by atoms with Crippen LogP contribution in [0.1, 0.15) is 16.7 Å². The van der Waals surface area contributed by atoms with E-state index in [4.69, 9.17) is 5.73 Å². The highest BCUT2D eigenvalue weighted by molar-refractivity contribution is 5.92. The zero-order valence-electron chi connectivity index (χ0n) is 13.8. The fourth-order valence-electron chi connectivity index (χ4n) is 2.24. The third-order valence-electron chi connectivity index (χ3n) is 3.79. The Morgan fingerprint density at radius 1 is 1.21 bits per heavy atom. The van der Waals surface area contributed by atoms with Crippen LogP contribution in [0.5, 0.6) is 0 Å². The van der Waals surface area contributed by atoms with Crippen LogP contribution in [0, 0.1) is 13.8 Å². The molecule has 0 unspecified atom stereocenters. The summed E-state index contributed by atoms with van der Waals surface area (Å²) in [5.74, 6) is 1.21. The van der Waals surface area contributed by atoms with Gasteiger partial charge in [-0.05, 0) is 48.7 Å². The third-order valence-corrected chi connectivity index (χ3v) is 3.79. The van der Waals surface area contributed by atoms with Crippen molar-refractivity contribution in [1.82, 2.24) is 14.5 Å². The Labute approximate surface area is 141 Å². The molecule has 24 heavy (non-hydrogen) atoms. The van der Waals surface area contributed by atoms with Gasteiger partial charge in [0.25, 0.3) is 0 Å². The number of aliphatic imine (C=N–C) groups is 1. The SMILES string of the molecule is Cc1ccc(NC(N)=NCc2ccc(-n3ccnc3)nc2)cc1C. The summed E-state index contributed by atoms with van der Waals surface area (Å²) in [4.78, 5) is 12.8. The van der Waals surface area contributed by atoms with E-state index in [0.29, 0.717) is 12.5 Å². The van der Waals surface area contributed by atoms with Gasteiger partial charge >= 0.3 is 0 Å². The number of rotatable bonds is 4. The van der Waals surface area contributed by atoms with E-state index in [0.717, 1.165) is 17.1 Å². The number of nitrogens with one attached hydrogen (secondary N) is 1. The second kappa shape index (κ2) is 6.95. The predicted molar refractivity (Wildman–Crippen MR) is 96.2 cm³/mol. The molecule has 0 atom stereocenters. The number of aryl methyl sites for hydroxylation is 2. The normalized spacial score (nSPS) is 11.5. The lowest BCUT2D eigenvalue weighted by Crippen LogP contribution is -2.22. The quantitative estimate of drug-likeness (QED) is 0.572. The van der Waals surface area contributed by atoms with Crippen LogP contribution in [0.4, 0.5) is 5.69 Å². The Kier molecular flexibility index (Phi) is 4.56. The van der Waals surface area contributed by atoms with Gasteiger partial charge in [0.1, 0.15) is 12.1 Å². The van der Waals surface area contributed by atoms with E-state index in [2.05, 4.69) is 46.3 Å². The molecular weight excluding hydrogens is 300 g/mol. The third kappa shape index (κ3) is 3.78. The number of hydrogen-bond donors (Lipinski definition) is 2. The minimum atomic E-state index is 0.386. The van der Waals surface area contributed by atoms with Crippen molar-refractivity contribution in [2.24, 2.45) is 10.7 Å². The zero-order chi connectivity index (χ0) is 16.9. The van der Waals surface area contributed by atoms with E-state index in [1.54, 1.807) is 18.7 Å². The number of aromatic nitrogens is 3. The van der Waals surface area contributed by atoms with E-state index >= 15 is 0 Å². The number of anilines is 1. The van der Waals surface area contributed by atoms with Gasteiger partial charge < -0.3 is 11.1 Å². The molecule has 3 aromatic rings. The molecule has 3 rings (SSSR count). The van der Waals surface area contributed by atoms with Crippen molar-refractivity contribution in [3.05, 3.63) is 71.9 Å². The first-order valence-electron chi connectivity index (χ1n) is 7.69. The van der Waals surface area contributed by atoms with E-state index in [1.807, 2.05) is 29.0 Å². The van der Waals surface area contributed by atoms with E-state index in [1.165, 1.54) is 11.1 Å². The number of guanidine groups is 1. The van der Waals surface area contributed by atoms with Crippen LogP contribution in [0.3, 0.4) is 0 Å². The maximum atomic E-state index is 5.95. The van der Waals surface area contributed by atoms with Gasteiger partial charge in [-0.15, -0.1) is 0 Å². The largest absolute Gasteiger partial charge is 0.370 e. The highest BCUT2D eigenvalue weighted by Crippen LogP contribution is 2.14. The van der Waals surface area contributed by atoms with Gasteiger partial charge in [0.2, 0.25) is 0 Å². The van der Waals surface area contributed by atoms with Crippen molar-refractivity contribution in [2.75, 3.05) is 5.32 Å². The lowest BCUT2D eigenvalue weighted by molar-refractivity contribution is 0.967. The second-order valence-electron chi connectivity index (χ2n) is 5.62.